The average molecular weight is 225 g/mol. The lowest BCUT2D eigenvalue weighted by atomic mass is 10.2. The zero-order chi connectivity index (χ0) is 10.7. The summed E-state index contributed by atoms with van der Waals surface area (Å²) >= 11 is 2.07. The minimum absolute atomic E-state index is 0.287. The van der Waals surface area contributed by atoms with Crippen molar-refractivity contribution in [1.82, 2.24) is 5.32 Å². The smallest absolute Gasteiger partial charge is 0.157 e. The number of carbonyl (C=O) groups is 1. The maximum Gasteiger partial charge on any atom is 0.157 e. The Morgan fingerprint density at radius 1 is 1.47 bits per heavy atom. The standard InChI is InChI=1S/C12H19NOS/c1-2-15-12-6-4-10(8-12)13-9-3-5-11(14)7-9/h7,10,12-13H,2-6,8H2,1H3. The van der Waals surface area contributed by atoms with Gasteiger partial charge in [0.15, 0.2) is 5.78 Å². The number of rotatable bonds is 4. The molecule has 1 N–H and O–H groups in total. The van der Waals surface area contributed by atoms with Crippen molar-refractivity contribution < 1.29 is 4.79 Å². The van der Waals surface area contributed by atoms with Crippen molar-refractivity contribution in [2.45, 2.75) is 50.3 Å². The Hall–Kier alpha value is -0.440. The van der Waals surface area contributed by atoms with E-state index in [4.69, 9.17) is 0 Å². The van der Waals surface area contributed by atoms with Crippen molar-refractivity contribution >= 4 is 17.5 Å². The molecule has 3 heteroatoms. The van der Waals surface area contributed by atoms with E-state index in [1.165, 1.54) is 30.7 Å². The molecule has 0 heterocycles. The third kappa shape index (κ3) is 3.00. The molecule has 2 aliphatic rings. The Labute approximate surface area is 95.9 Å². The van der Waals surface area contributed by atoms with Crippen molar-refractivity contribution in [3.63, 3.8) is 0 Å². The molecule has 0 bridgehead atoms. The number of allylic oxidation sites excluding steroid dienone is 2. The molecular formula is C12H19NOS. The number of thioether (sulfide) groups is 1. The highest BCUT2D eigenvalue weighted by Crippen LogP contribution is 2.30. The van der Waals surface area contributed by atoms with Gasteiger partial charge in [-0.3, -0.25) is 4.79 Å². The minimum atomic E-state index is 0.287. The molecule has 2 aliphatic carbocycles. The first kappa shape index (κ1) is 11.1. The SMILES string of the molecule is CCSC1CCC(NC2=CC(=O)CC2)C1. The van der Waals surface area contributed by atoms with Gasteiger partial charge in [0.2, 0.25) is 0 Å². The van der Waals surface area contributed by atoms with Gasteiger partial charge in [-0.15, -0.1) is 0 Å². The molecule has 1 fully saturated rings. The zero-order valence-corrected chi connectivity index (χ0v) is 10.1. The van der Waals surface area contributed by atoms with Gasteiger partial charge >= 0.3 is 0 Å². The van der Waals surface area contributed by atoms with Crippen molar-refractivity contribution in [3.8, 4) is 0 Å². The number of carbonyl (C=O) groups excluding carboxylic acids is 1. The first-order valence-electron chi connectivity index (χ1n) is 5.89. The molecule has 0 aromatic heterocycles. The van der Waals surface area contributed by atoms with Crippen LogP contribution in [-0.4, -0.2) is 22.8 Å². The van der Waals surface area contributed by atoms with Crippen LogP contribution in [0, 0.1) is 0 Å². The lowest BCUT2D eigenvalue weighted by Crippen LogP contribution is -2.25. The van der Waals surface area contributed by atoms with E-state index in [9.17, 15) is 4.79 Å². The van der Waals surface area contributed by atoms with Crippen molar-refractivity contribution in [2.24, 2.45) is 0 Å². The van der Waals surface area contributed by atoms with Gasteiger partial charge < -0.3 is 5.32 Å². The molecule has 0 spiro atoms. The van der Waals surface area contributed by atoms with Crippen molar-refractivity contribution in [1.29, 1.82) is 0 Å². The van der Waals surface area contributed by atoms with Crippen LogP contribution in [0.1, 0.15) is 39.0 Å². The van der Waals surface area contributed by atoms with Crippen LogP contribution in [0.5, 0.6) is 0 Å². The van der Waals surface area contributed by atoms with E-state index in [1.807, 2.05) is 0 Å². The molecular weight excluding hydrogens is 206 g/mol. The Morgan fingerprint density at radius 3 is 3.00 bits per heavy atom. The molecule has 0 amide bonds. The highest BCUT2D eigenvalue weighted by Gasteiger charge is 2.25. The van der Waals surface area contributed by atoms with Gasteiger partial charge in [0, 0.05) is 29.5 Å². The second-order valence-corrected chi connectivity index (χ2v) is 5.94. The molecule has 0 aliphatic heterocycles. The molecule has 2 rings (SSSR count). The van der Waals surface area contributed by atoms with Gasteiger partial charge in [-0.25, -0.2) is 0 Å². The van der Waals surface area contributed by atoms with Crippen molar-refractivity contribution in [3.05, 3.63) is 11.8 Å². The quantitative estimate of drug-likeness (QED) is 0.797. The van der Waals surface area contributed by atoms with E-state index in [1.54, 1.807) is 6.08 Å². The predicted molar refractivity (Wildman–Crippen MR) is 65.0 cm³/mol. The van der Waals surface area contributed by atoms with Gasteiger partial charge in [0.25, 0.3) is 0 Å². The molecule has 0 aromatic rings. The summed E-state index contributed by atoms with van der Waals surface area (Å²) in [6, 6.07) is 0.617. The van der Waals surface area contributed by atoms with Gasteiger partial charge in [0.05, 0.1) is 0 Å². The Kier molecular flexibility index (Phi) is 3.73. The largest absolute Gasteiger partial charge is 0.385 e. The predicted octanol–water partition coefficient (Wildman–Crippen LogP) is 2.50. The van der Waals surface area contributed by atoms with E-state index in [-0.39, 0.29) is 5.78 Å². The molecule has 15 heavy (non-hydrogen) atoms. The topological polar surface area (TPSA) is 29.1 Å². The molecule has 2 unspecified atom stereocenters. The Morgan fingerprint density at radius 2 is 2.33 bits per heavy atom. The maximum atomic E-state index is 11.1. The van der Waals surface area contributed by atoms with Gasteiger partial charge in [-0.2, -0.15) is 11.8 Å². The second-order valence-electron chi connectivity index (χ2n) is 4.37. The highest BCUT2D eigenvalue weighted by molar-refractivity contribution is 7.99. The first-order chi connectivity index (χ1) is 7.28. The minimum Gasteiger partial charge on any atom is -0.385 e. The summed E-state index contributed by atoms with van der Waals surface area (Å²) < 4.78 is 0. The van der Waals surface area contributed by atoms with Crippen LogP contribution in [0.4, 0.5) is 0 Å². The Bertz CT molecular complexity index is 275. The number of ketones is 1. The third-order valence-corrected chi connectivity index (χ3v) is 4.39. The summed E-state index contributed by atoms with van der Waals surface area (Å²) in [6.07, 6.45) is 7.30. The molecule has 0 radical (unpaired) electrons. The molecule has 1 saturated carbocycles. The van der Waals surface area contributed by atoms with Crippen molar-refractivity contribution in [2.75, 3.05) is 5.75 Å². The molecule has 2 atom stereocenters. The monoisotopic (exact) mass is 225 g/mol. The van der Waals surface area contributed by atoms with Gasteiger partial charge in [-0.05, 0) is 31.4 Å². The number of hydrogen-bond donors (Lipinski definition) is 1. The highest BCUT2D eigenvalue weighted by atomic mass is 32.2. The molecule has 0 aromatic carbocycles. The normalized spacial score (nSPS) is 30.7. The third-order valence-electron chi connectivity index (χ3n) is 3.15. The molecule has 0 saturated heterocycles. The maximum absolute atomic E-state index is 11.1. The average Bonchev–Trinajstić information content (AvgIpc) is 2.78. The van der Waals surface area contributed by atoms with Crippen LogP contribution < -0.4 is 5.32 Å². The van der Waals surface area contributed by atoms with E-state index in [0.29, 0.717) is 12.5 Å². The molecule has 84 valence electrons. The summed E-state index contributed by atoms with van der Waals surface area (Å²) in [5.41, 5.74) is 1.17. The van der Waals surface area contributed by atoms with E-state index in [0.717, 1.165) is 11.7 Å². The summed E-state index contributed by atoms with van der Waals surface area (Å²) in [5, 5.41) is 4.36. The lowest BCUT2D eigenvalue weighted by molar-refractivity contribution is -0.114. The van der Waals surface area contributed by atoms with E-state index in [2.05, 4.69) is 24.0 Å². The summed E-state index contributed by atoms with van der Waals surface area (Å²) in [4.78, 5) is 11.1. The van der Waals surface area contributed by atoms with Crippen LogP contribution in [0.2, 0.25) is 0 Å². The fourth-order valence-corrected chi connectivity index (χ4v) is 3.57. The van der Waals surface area contributed by atoms with Crippen LogP contribution >= 0.6 is 11.8 Å². The zero-order valence-electron chi connectivity index (χ0n) is 9.29. The fraction of sp³-hybridized carbons (Fsp3) is 0.750. The van der Waals surface area contributed by atoms with Gasteiger partial charge in [-0.1, -0.05) is 6.92 Å². The second kappa shape index (κ2) is 5.06. The fourth-order valence-electron chi connectivity index (χ4n) is 2.43. The number of hydrogen-bond acceptors (Lipinski definition) is 3. The van der Waals surface area contributed by atoms with Gasteiger partial charge in [0.1, 0.15) is 0 Å². The van der Waals surface area contributed by atoms with Crippen LogP contribution in [0.25, 0.3) is 0 Å². The van der Waals surface area contributed by atoms with Crippen LogP contribution in [-0.2, 0) is 4.79 Å². The summed E-state index contributed by atoms with van der Waals surface area (Å²) in [7, 11) is 0. The first-order valence-corrected chi connectivity index (χ1v) is 6.94. The van der Waals surface area contributed by atoms with Crippen LogP contribution in [0.15, 0.2) is 11.8 Å². The molecule has 2 nitrogen and oxygen atoms in total. The van der Waals surface area contributed by atoms with E-state index >= 15 is 0 Å². The van der Waals surface area contributed by atoms with Crippen LogP contribution in [0.3, 0.4) is 0 Å². The lowest BCUT2D eigenvalue weighted by Gasteiger charge is -2.14. The van der Waals surface area contributed by atoms with E-state index < -0.39 is 0 Å². The number of nitrogens with one attached hydrogen (secondary N) is 1. The summed E-state index contributed by atoms with van der Waals surface area (Å²) in [5.74, 6) is 1.51. The Balaban J connectivity index is 1.77. The summed E-state index contributed by atoms with van der Waals surface area (Å²) in [6.45, 7) is 2.23.